The fraction of sp³-hybridized carbons (Fsp3) is 0.222. The maximum absolute atomic E-state index is 5.72. The molecule has 0 bridgehead atoms. The van der Waals surface area contributed by atoms with Crippen molar-refractivity contribution in [3.05, 3.63) is 65.9 Å². The van der Waals surface area contributed by atoms with Crippen LogP contribution in [-0.4, -0.2) is 10.3 Å². The second kappa shape index (κ2) is 5.24. The molecule has 4 rings (SSSR count). The molecular weight excluding hydrogens is 276 g/mol. The molecule has 0 amide bonds. The lowest BCUT2D eigenvalue weighted by atomic mass is 10.0. The van der Waals surface area contributed by atoms with E-state index in [1.165, 1.54) is 32.7 Å². The van der Waals surface area contributed by atoms with Gasteiger partial charge in [-0.15, -0.1) is 11.8 Å². The van der Waals surface area contributed by atoms with E-state index >= 15 is 0 Å². The molecule has 1 aliphatic heterocycles. The normalized spacial score (nSPS) is 17.3. The Labute approximate surface area is 129 Å². The van der Waals surface area contributed by atoms with Crippen molar-refractivity contribution < 1.29 is 0 Å². The third kappa shape index (κ3) is 2.27. The summed E-state index contributed by atoms with van der Waals surface area (Å²) in [5, 5.41) is 1.29. The summed E-state index contributed by atoms with van der Waals surface area (Å²) in [5.74, 6) is 1.79. The van der Waals surface area contributed by atoms with Crippen LogP contribution in [0, 0.1) is 0 Å². The number of rotatable bonds is 3. The molecule has 3 aromatic rings. The van der Waals surface area contributed by atoms with Gasteiger partial charge in [-0.1, -0.05) is 24.3 Å². The summed E-state index contributed by atoms with van der Waals surface area (Å²) >= 11 is 1.98. The van der Waals surface area contributed by atoms with Crippen molar-refractivity contribution in [3.8, 4) is 0 Å². The van der Waals surface area contributed by atoms with Crippen LogP contribution in [0.3, 0.4) is 0 Å². The van der Waals surface area contributed by atoms with Gasteiger partial charge in [-0.25, -0.2) is 0 Å². The Morgan fingerprint density at radius 1 is 1.14 bits per heavy atom. The summed E-state index contributed by atoms with van der Waals surface area (Å²) in [5.41, 5.74) is 9.73. The van der Waals surface area contributed by atoms with Crippen molar-refractivity contribution in [2.24, 2.45) is 5.73 Å². The molecule has 21 heavy (non-hydrogen) atoms. The minimum Gasteiger partial charge on any atom is -0.347 e. The van der Waals surface area contributed by atoms with Crippen LogP contribution in [0.25, 0.3) is 10.9 Å². The van der Waals surface area contributed by atoms with Crippen molar-refractivity contribution in [1.29, 1.82) is 0 Å². The van der Waals surface area contributed by atoms with Gasteiger partial charge in [0.05, 0.1) is 0 Å². The molecule has 3 heteroatoms. The maximum Gasteiger partial charge on any atom is 0.0480 e. The number of thioether (sulfide) groups is 1. The fourth-order valence-electron chi connectivity index (χ4n) is 3.15. The molecule has 1 aromatic heterocycles. The average molecular weight is 294 g/mol. The molecule has 0 radical (unpaired) electrons. The lowest BCUT2D eigenvalue weighted by Gasteiger charge is -2.13. The summed E-state index contributed by atoms with van der Waals surface area (Å²) in [6.45, 7) is 1.66. The van der Waals surface area contributed by atoms with Crippen LogP contribution in [-0.2, 0) is 13.1 Å². The second-order valence-electron chi connectivity index (χ2n) is 5.61. The molecule has 0 fully saturated rings. The number of nitrogens with zero attached hydrogens (tertiary/aromatic N) is 1. The van der Waals surface area contributed by atoms with Gasteiger partial charge < -0.3 is 10.3 Å². The van der Waals surface area contributed by atoms with E-state index in [9.17, 15) is 0 Å². The number of aromatic nitrogens is 1. The Bertz CT molecular complexity index is 791. The smallest absolute Gasteiger partial charge is 0.0480 e. The van der Waals surface area contributed by atoms with Gasteiger partial charge >= 0.3 is 0 Å². The van der Waals surface area contributed by atoms with Gasteiger partial charge in [-0.2, -0.15) is 0 Å². The number of hydrogen-bond donors (Lipinski definition) is 1. The first kappa shape index (κ1) is 13.0. The molecule has 2 heterocycles. The average Bonchev–Trinajstić information content (AvgIpc) is 3.12. The Hall–Kier alpha value is -1.71. The van der Waals surface area contributed by atoms with E-state index in [-0.39, 0.29) is 0 Å². The largest absolute Gasteiger partial charge is 0.347 e. The highest BCUT2D eigenvalue weighted by molar-refractivity contribution is 7.99. The summed E-state index contributed by atoms with van der Waals surface area (Å²) in [6, 6.07) is 17.5. The number of hydrogen-bond acceptors (Lipinski definition) is 2. The van der Waals surface area contributed by atoms with E-state index in [0.717, 1.165) is 6.54 Å². The van der Waals surface area contributed by atoms with E-state index in [1.54, 1.807) is 0 Å². The molecule has 2 aromatic carbocycles. The lowest BCUT2D eigenvalue weighted by Crippen LogP contribution is -2.07. The summed E-state index contributed by atoms with van der Waals surface area (Å²) < 4.78 is 2.38. The molecule has 106 valence electrons. The van der Waals surface area contributed by atoms with Crippen molar-refractivity contribution in [1.82, 2.24) is 4.57 Å². The van der Waals surface area contributed by atoms with Crippen LogP contribution in [0.5, 0.6) is 0 Å². The summed E-state index contributed by atoms with van der Waals surface area (Å²) in [6.07, 6.45) is 2.20. The third-order valence-corrected chi connectivity index (χ3v) is 5.54. The molecule has 0 saturated heterocycles. The number of nitrogens with two attached hydrogens (primary N) is 1. The Morgan fingerprint density at radius 2 is 2.05 bits per heavy atom. The zero-order valence-corrected chi connectivity index (χ0v) is 12.6. The topological polar surface area (TPSA) is 30.9 Å². The minimum atomic E-state index is 0.605. The van der Waals surface area contributed by atoms with Gasteiger partial charge in [0, 0.05) is 41.4 Å². The number of fused-ring (bicyclic) bond motifs is 2. The first-order valence-corrected chi connectivity index (χ1v) is 8.33. The van der Waals surface area contributed by atoms with Gasteiger partial charge in [-0.05, 0) is 40.8 Å². The first-order valence-electron chi connectivity index (χ1n) is 7.35. The maximum atomic E-state index is 5.72. The predicted molar refractivity (Wildman–Crippen MR) is 89.7 cm³/mol. The SMILES string of the molecule is NCc1ccc2c(ccn2CC2CSc3ccccc32)c1. The van der Waals surface area contributed by atoms with Gasteiger partial charge in [-0.3, -0.25) is 0 Å². The van der Waals surface area contributed by atoms with Crippen molar-refractivity contribution in [2.75, 3.05) is 5.75 Å². The lowest BCUT2D eigenvalue weighted by molar-refractivity contribution is 0.623. The predicted octanol–water partition coefficient (Wildman–Crippen LogP) is 3.99. The van der Waals surface area contributed by atoms with Crippen LogP contribution >= 0.6 is 11.8 Å². The van der Waals surface area contributed by atoms with Crippen LogP contribution in [0.1, 0.15) is 17.0 Å². The quantitative estimate of drug-likeness (QED) is 0.792. The number of benzene rings is 2. The Balaban J connectivity index is 1.66. The van der Waals surface area contributed by atoms with Gasteiger partial charge in [0.1, 0.15) is 0 Å². The zero-order valence-electron chi connectivity index (χ0n) is 11.8. The van der Waals surface area contributed by atoms with E-state index in [2.05, 4.69) is 59.3 Å². The van der Waals surface area contributed by atoms with Gasteiger partial charge in [0.2, 0.25) is 0 Å². The summed E-state index contributed by atoms with van der Waals surface area (Å²) in [4.78, 5) is 1.45. The monoisotopic (exact) mass is 294 g/mol. The van der Waals surface area contributed by atoms with E-state index in [4.69, 9.17) is 5.73 Å². The molecule has 2 nitrogen and oxygen atoms in total. The van der Waals surface area contributed by atoms with Crippen LogP contribution in [0.4, 0.5) is 0 Å². The highest BCUT2D eigenvalue weighted by atomic mass is 32.2. The molecule has 0 spiro atoms. The Kier molecular flexibility index (Phi) is 3.24. The van der Waals surface area contributed by atoms with Crippen LogP contribution < -0.4 is 5.73 Å². The van der Waals surface area contributed by atoms with Gasteiger partial charge in [0.15, 0.2) is 0 Å². The molecule has 0 aliphatic carbocycles. The van der Waals surface area contributed by atoms with Gasteiger partial charge in [0.25, 0.3) is 0 Å². The Morgan fingerprint density at radius 3 is 2.95 bits per heavy atom. The van der Waals surface area contributed by atoms with Crippen LogP contribution in [0.2, 0.25) is 0 Å². The molecule has 2 N–H and O–H groups in total. The molecule has 1 atom stereocenters. The molecule has 1 unspecified atom stereocenters. The highest BCUT2D eigenvalue weighted by Gasteiger charge is 2.23. The minimum absolute atomic E-state index is 0.605. The highest BCUT2D eigenvalue weighted by Crippen LogP contribution is 2.40. The summed E-state index contributed by atoms with van der Waals surface area (Å²) in [7, 11) is 0. The van der Waals surface area contributed by atoms with Crippen molar-refractivity contribution >= 4 is 22.7 Å². The van der Waals surface area contributed by atoms with E-state index in [0.29, 0.717) is 12.5 Å². The molecule has 1 aliphatic rings. The third-order valence-electron chi connectivity index (χ3n) is 4.29. The molecular formula is C18H18N2S. The van der Waals surface area contributed by atoms with Crippen molar-refractivity contribution in [2.45, 2.75) is 23.9 Å². The fourth-order valence-corrected chi connectivity index (χ4v) is 4.40. The van der Waals surface area contributed by atoms with Crippen LogP contribution in [0.15, 0.2) is 59.6 Å². The molecule has 0 saturated carbocycles. The standard InChI is InChI=1S/C18H18N2S/c19-10-13-5-6-17-14(9-13)7-8-20(17)11-15-12-21-18-4-2-1-3-16(15)18/h1-9,15H,10-12,19H2. The second-order valence-corrected chi connectivity index (χ2v) is 6.67. The van der Waals surface area contributed by atoms with E-state index in [1.807, 2.05) is 11.8 Å². The van der Waals surface area contributed by atoms with E-state index < -0.39 is 0 Å². The zero-order chi connectivity index (χ0) is 14.2. The first-order chi connectivity index (χ1) is 10.3. The van der Waals surface area contributed by atoms with Crippen molar-refractivity contribution in [3.63, 3.8) is 0 Å².